The van der Waals surface area contributed by atoms with E-state index in [0.717, 1.165) is 24.3 Å². The first-order chi connectivity index (χ1) is 14.7. The highest BCUT2D eigenvalue weighted by Gasteiger charge is 2.29. The van der Waals surface area contributed by atoms with Gasteiger partial charge in [0.15, 0.2) is 0 Å². The molecule has 5 rings (SSSR count). The van der Waals surface area contributed by atoms with Gasteiger partial charge in [0, 0.05) is 31.2 Å². The van der Waals surface area contributed by atoms with Crippen molar-refractivity contribution < 1.29 is 14.6 Å². The molecule has 1 heterocycles. The second-order valence-electron chi connectivity index (χ2n) is 7.83. The summed E-state index contributed by atoms with van der Waals surface area (Å²) in [6.45, 7) is 2.56. The van der Waals surface area contributed by atoms with Gasteiger partial charge in [0.2, 0.25) is 0 Å². The third-order valence-corrected chi connectivity index (χ3v) is 6.05. The average Bonchev–Trinajstić information content (AvgIpc) is 3.32. The molecule has 0 aromatic heterocycles. The Morgan fingerprint density at radius 1 is 0.967 bits per heavy atom. The first-order valence-corrected chi connectivity index (χ1v) is 10.3. The predicted molar refractivity (Wildman–Crippen MR) is 116 cm³/mol. The fraction of sp³-hybridized carbons (Fsp3) is 0.240. The molecule has 1 amide bonds. The highest BCUT2D eigenvalue weighted by atomic mass is 16.5. The normalized spacial score (nSPS) is 14.8. The lowest BCUT2D eigenvalue weighted by molar-refractivity contribution is 0.158. The number of aliphatic hydroxyl groups excluding tert-OH is 1. The van der Waals surface area contributed by atoms with Crippen LogP contribution in [0.5, 0.6) is 0 Å². The van der Waals surface area contributed by atoms with Crippen LogP contribution in [0.4, 0.5) is 10.5 Å². The Morgan fingerprint density at radius 2 is 1.67 bits per heavy atom. The van der Waals surface area contributed by atoms with E-state index in [1.165, 1.54) is 27.8 Å². The highest BCUT2D eigenvalue weighted by molar-refractivity contribution is 5.86. The van der Waals surface area contributed by atoms with E-state index >= 15 is 0 Å². The molecule has 5 heteroatoms. The molecular formula is C25H24N2O3. The van der Waals surface area contributed by atoms with Crippen LogP contribution in [0.25, 0.3) is 11.1 Å². The molecule has 3 aromatic carbocycles. The second kappa shape index (κ2) is 7.94. The van der Waals surface area contributed by atoms with Crippen molar-refractivity contribution in [2.45, 2.75) is 19.0 Å². The number of benzene rings is 3. The molecule has 0 atom stereocenters. The van der Waals surface area contributed by atoms with Gasteiger partial charge in [0.05, 0.1) is 6.61 Å². The number of carbonyl (C=O) groups is 1. The molecule has 5 nitrogen and oxygen atoms in total. The van der Waals surface area contributed by atoms with Crippen molar-refractivity contribution in [3.8, 4) is 11.1 Å². The monoisotopic (exact) mass is 400 g/mol. The summed E-state index contributed by atoms with van der Waals surface area (Å²) < 4.78 is 5.67. The maximum absolute atomic E-state index is 12.6. The van der Waals surface area contributed by atoms with Crippen molar-refractivity contribution in [1.82, 2.24) is 4.90 Å². The van der Waals surface area contributed by atoms with Gasteiger partial charge in [-0.1, -0.05) is 60.7 Å². The molecule has 0 saturated heterocycles. The summed E-state index contributed by atoms with van der Waals surface area (Å²) in [5, 5.41) is 12.1. The lowest BCUT2D eigenvalue weighted by Crippen LogP contribution is -2.21. The van der Waals surface area contributed by atoms with Gasteiger partial charge in [-0.15, -0.1) is 0 Å². The van der Waals surface area contributed by atoms with E-state index in [0.29, 0.717) is 13.2 Å². The number of anilines is 1. The number of hydrogen-bond acceptors (Lipinski definition) is 4. The number of ether oxygens (including phenoxy) is 1. The van der Waals surface area contributed by atoms with Gasteiger partial charge in [0.1, 0.15) is 6.61 Å². The van der Waals surface area contributed by atoms with E-state index in [-0.39, 0.29) is 12.5 Å². The molecule has 0 bridgehead atoms. The number of β-amino-alcohol motifs (C(OH)–C–C–N with tert-alkyl or cyclic N) is 1. The van der Waals surface area contributed by atoms with Crippen LogP contribution in [0.2, 0.25) is 0 Å². The smallest absolute Gasteiger partial charge is 0.411 e. The summed E-state index contributed by atoms with van der Waals surface area (Å²) in [6, 6.07) is 22.5. The molecular weight excluding hydrogens is 376 g/mol. The maximum atomic E-state index is 12.6. The minimum absolute atomic E-state index is 0.0460. The van der Waals surface area contributed by atoms with E-state index < -0.39 is 6.09 Å². The van der Waals surface area contributed by atoms with Crippen molar-refractivity contribution in [3.63, 3.8) is 0 Å². The van der Waals surface area contributed by atoms with E-state index in [9.17, 15) is 9.90 Å². The zero-order chi connectivity index (χ0) is 20.5. The molecule has 0 unspecified atom stereocenters. The Morgan fingerprint density at radius 3 is 2.37 bits per heavy atom. The number of hydrogen-bond donors (Lipinski definition) is 2. The average molecular weight is 400 g/mol. The zero-order valence-corrected chi connectivity index (χ0v) is 16.7. The number of fused-ring (bicyclic) bond motifs is 4. The SMILES string of the molecule is O=C(Nc1cccc2c1CN(CCO)C2)OCC1c2ccccc2-c2ccccc21. The van der Waals surface area contributed by atoms with Crippen molar-refractivity contribution in [2.75, 3.05) is 25.1 Å². The molecule has 2 aliphatic rings. The Balaban J connectivity index is 1.29. The predicted octanol–water partition coefficient (Wildman–Crippen LogP) is 4.36. The molecule has 152 valence electrons. The topological polar surface area (TPSA) is 61.8 Å². The van der Waals surface area contributed by atoms with Gasteiger partial charge in [-0.05, 0) is 39.4 Å². The molecule has 0 saturated carbocycles. The lowest BCUT2D eigenvalue weighted by Gasteiger charge is -2.16. The maximum Gasteiger partial charge on any atom is 0.411 e. The van der Waals surface area contributed by atoms with Crippen LogP contribution in [0, 0.1) is 0 Å². The van der Waals surface area contributed by atoms with Crippen molar-refractivity contribution in [1.29, 1.82) is 0 Å². The molecule has 0 fully saturated rings. The second-order valence-corrected chi connectivity index (χ2v) is 7.83. The van der Waals surface area contributed by atoms with Crippen molar-refractivity contribution in [2.24, 2.45) is 0 Å². The first kappa shape index (κ1) is 18.9. The van der Waals surface area contributed by atoms with Crippen LogP contribution < -0.4 is 5.32 Å². The van der Waals surface area contributed by atoms with Crippen LogP contribution in [0.3, 0.4) is 0 Å². The quantitative estimate of drug-likeness (QED) is 0.668. The van der Waals surface area contributed by atoms with Gasteiger partial charge >= 0.3 is 6.09 Å². The number of nitrogens with one attached hydrogen (secondary N) is 1. The summed E-state index contributed by atoms with van der Waals surface area (Å²) >= 11 is 0. The van der Waals surface area contributed by atoms with Gasteiger partial charge in [-0.25, -0.2) is 4.79 Å². The largest absolute Gasteiger partial charge is 0.448 e. The van der Waals surface area contributed by atoms with Gasteiger partial charge in [0.25, 0.3) is 0 Å². The molecule has 0 radical (unpaired) electrons. The van der Waals surface area contributed by atoms with Crippen LogP contribution in [-0.2, 0) is 17.8 Å². The van der Waals surface area contributed by atoms with Crippen LogP contribution in [0.15, 0.2) is 66.7 Å². The number of aliphatic hydroxyl groups is 1. The number of rotatable bonds is 5. The summed E-state index contributed by atoms with van der Waals surface area (Å²) in [5.74, 6) is 0.0460. The zero-order valence-electron chi connectivity index (χ0n) is 16.7. The Bertz CT molecular complexity index is 1050. The van der Waals surface area contributed by atoms with Gasteiger partial charge in [-0.3, -0.25) is 10.2 Å². The fourth-order valence-corrected chi connectivity index (χ4v) is 4.65. The van der Waals surface area contributed by atoms with E-state index in [1.807, 2.05) is 36.4 Å². The van der Waals surface area contributed by atoms with E-state index in [4.69, 9.17) is 4.74 Å². The minimum atomic E-state index is -0.439. The summed E-state index contributed by atoms with van der Waals surface area (Å²) in [7, 11) is 0. The molecule has 2 N–H and O–H groups in total. The Kier molecular flexibility index (Phi) is 4.99. The molecule has 1 aliphatic heterocycles. The Labute approximate surface area is 175 Å². The molecule has 30 heavy (non-hydrogen) atoms. The highest BCUT2D eigenvalue weighted by Crippen LogP contribution is 2.44. The van der Waals surface area contributed by atoms with Gasteiger partial charge in [-0.2, -0.15) is 0 Å². The first-order valence-electron chi connectivity index (χ1n) is 10.3. The summed E-state index contributed by atoms with van der Waals surface area (Å²) in [5.41, 5.74) is 7.89. The standard InChI is InChI=1S/C25H24N2O3/c28-13-12-27-14-17-6-5-11-24(22(17)15-27)26-25(29)30-16-23-20-9-3-1-7-18(20)19-8-2-4-10-21(19)23/h1-11,23,28H,12-16H2,(H,26,29). The third kappa shape index (κ3) is 3.36. The van der Waals surface area contributed by atoms with Crippen molar-refractivity contribution >= 4 is 11.8 Å². The third-order valence-electron chi connectivity index (χ3n) is 6.05. The van der Waals surface area contributed by atoms with E-state index in [1.54, 1.807) is 0 Å². The minimum Gasteiger partial charge on any atom is -0.448 e. The summed E-state index contributed by atoms with van der Waals surface area (Å²) in [6.07, 6.45) is -0.439. The van der Waals surface area contributed by atoms with Crippen molar-refractivity contribution in [3.05, 3.63) is 89.0 Å². The van der Waals surface area contributed by atoms with E-state index in [2.05, 4.69) is 40.5 Å². The number of amides is 1. The number of carbonyl (C=O) groups excluding carboxylic acids is 1. The molecule has 0 spiro atoms. The molecule has 1 aliphatic carbocycles. The van der Waals surface area contributed by atoms with Crippen LogP contribution in [0.1, 0.15) is 28.2 Å². The molecule has 3 aromatic rings. The van der Waals surface area contributed by atoms with Crippen LogP contribution in [-0.4, -0.2) is 35.9 Å². The Hall–Kier alpha value is -3.15. The fourth-order valence-electron chi connectivity index (χ4n) is 4.65. The van der Waals surface area contributed by atoms with Gasteiger partial charge < -0.3 is 9.84 Å². The lowest BCUT2D eigenvalue weighted by atomic mass is 9.98. The number of nitrogens with zero attached hydrogens (tertiary/aromatic N) is 1. The summed E-state index contributed by atoms with van der Waals surface area (Å²) in [4.78, 5) is 14.8. The van der Waals surface area contributed by atoms with Crippen LogP contribution >= 0.6 is 0 Å².